The third-order valence-corrected chi connectivity index (χ3v) is 5.41. The van der Waals surface area contributed by atoms with Gasteiger partial charge in [0.25, 0.3) is 0 Å². The number of aromatic nitrogens is 4. The molecule has 2 amide bonds. The minimum absolute atomic E-state index is 0.119. The van der Waals surface area contributed by atoms with Crippen LogP contribution in [0.3, 0.4) is 0 Å². The molecule has 0 aliphatic heterocycles. The molecule has 4 aromatic rings. The number of para-hydroxylation sites is 1. The van der Waals surface area contributed by atoms with Gasteiger partial charge < -0.3 is 15.2 Å². The summed E-state index contributed by atoms with van der Waals surface area (Å²) in [5.41, 5.74) is 6.02. The van der Waals surface area contributed by atoms with Gasteiger partial charge in [0.05, 0.1) is 23.8 Å². The normalized spacial score (nSPS) is 11.8. The van der Waals surface area contributed by atoms with E-state index in [1.54, 1.807) is 12.5 Å². The number of carbonyl (C=O) groups is 1. The Morgan fingerprint density at radius 3 is 2.45 bits per heavy atom. The van der Waals surface area contributed by atoms with Crippen LogP contribution in [-0.2, 0) is 6.54 Å². The Morgan fingerprint density at radius 1 is 1.03 bits per heavy atom. The molecule has 158 valence electrons. The number of aryl methyl sites for hydroxylation is 1. The van der Waals surface area contributed by atoms with Crippen LogP contribution >= 0.6 is 0 Å². The fourth-order valence-electron chi connectivity index (χ4n) is 3.60. The van der Waals surface area contributed by atoms with Gasteiger partial charge in [-0.3, -0.25) is 0 Å². The lowest BCUT2D eigenvalue weighted by Crippen LogP contribution is -2.36. The summed E-state index contributed by atoms with van der Waals surface area (Å²) in [5.74, 6) is 0. The van der Waals surface area contributed by atoms with Crippen molar-refractivity contribution < 1.29 is 4.79 Å². The Labute approximate surface area is 181 Å². The summed E-state index contributed by atoms with van der Waals surface area (Å²) in [6, 6.07) is 17.7. The van der Waals surface area contributed by atoms with Gasteiger partial charge in [-0.25, -0.2) is 14.5 Å². The highest BCUT2D eigenvalue weighted by Gasteiger charge is 2.15. The number of benzene rings is 2. The van der Waals surface area contributed by atoms with Crippen molar-refractivity contribution in [1.82, 2.24) is 30.0 Å². The zero-order chi connectivity index (χ0) is 21.8. The predicted molar refractivity (Wildman–Crippen MR) is 120 cm³/mol. The number of urea groups is 1. The van der Waals surface area contributed by atoms with Crippen molar-refractivity contribution in [3.8, 4) is 11.4 Å². The number of imidazole rings is 1. The van der Waals surface area contributed by atoms with Gasteiger partial charge in [-0.2, -0.15) is 5.10 Å². The van der Waals surface area contributed by atoms with Crippen LogP contribution in [0, 0.1) is 13.8 Å². The van der Waals surface area contributed by atoms with E-state index in [4.69, 9.17) is 0 Å². The van der Waals surface area contributed by atoms with Crippen molar-refractivity contribution in [3.63, 3.8) is 0 Å². The molecular formula is C24H26N6O. The lowest BCUT2D eigenvalue weighted by molar-refractivity contribution is 0.237. The number of amides is 2. The van der Waals surface area contributed by atoms with Crippen molar-refractivity contribution in [3.05, 3.63) is 95.8 Å². The highest BCUT2D eigenvalue weighted by molar-refractivity contribution is 5.74. The van der Waals surface area contributed by atoms with E-state index < -0.39 is 0 Å². The van der Waals surface area contributed by atoms with Crippen molar-refractivity contribution in [2.24, 2.45) is 0 Å². The molecule has 0 aliphatic rings. The average molecular weight is 415 g/mol. The van der Waals surface area contributed by atoms with E-state index in [0.29, 0.717) is 6.54 Å². The van der Waals surface area contributed by atoms with E-state index in [1.165, 1.54) is 0 Å². The lowest BCUT2D eigenvalue weighted by Gasteiger charge is -2.16. The topological polar surface area (TPSA) is 76.8 Å². The van der Waals surface area contributed by atoms with Crippen LogP contribution in [0.1, 0.15) is 35.5 Å². The van der Waals surface area contributed by atoms with Gasteiger partial charge in [-0.05, 0) is 50.6 Å². The van der Waals surface area contributed by atoms with Crippen molar-refractivity contribution in [1.29, 1.82) is 0 Å². The van der Waals surface area contributed by atoms with Crippen LogP contribution < -0.4 is 10.6 Å². The fraction of sp³-hybridized carbons (Fsp3) is 0.208. The quantitative estimate of drug-likeness (QED) is 0.496. The number of nitrogens with zero attached hydrogens (tertiary/aromatic N) is 4. The van der Waals surface area contributed by atoms with Crippen molar-refractivity contribution >= 4 is 6.03 Å². The summed E-state index contributed by atoms with van der Waals surface area (Å²) >= 11 is 0. The Kier molecular flexibility index (Phi) is 5.84. The van der Waals surface area contributed by atoms with Crippen molar-refractivity contribution in [2.45, 2.75) is 33.4 Å². The molecule has 7 heteroatoms. The molecule has 31 heavy (non-hydrogen) atoms. The second-order valence-corrected chi connectivity index (χ2v) is 7.51. The third-order valence-electron chi connectivity index (χ3n) is 5.41. The van der Waals surface area contributed by atoms with Crippen LogP contribution in [0.15, 0.2) is 73.3 Å². The largest absolute Gasteiger partial charge is 0.334 e. The Hall–Kier alpha value is -3.87. The Bertz CT molecular complexity index is 1150. The molecule has 0 saturated carbocycles. The van der Waals surface area contributed by atoms with E-state index in [0.717, 1.165) is 33.9 Å². The average Bonchev–Trinajstić information content (AvgIpc) is 3.42. The lowest BCUT2D eigenvalue weighted by atomic mass is 10.1. The molecule has 4 rings (SSSR count). The maximum Gasteiger partial charge on any atom is 0.315 e. The zero-order valence-electron chi connectivity index (χ0n) is 17.9. The van der Waals surface area contributed by atoms with Crippen LogP contribution in [-0.4, -0.2) is 25.4 Å². The first kappa shape index (κ1) is 20.4. The minimum atomic E-state index is -0.211. The monoisotopic (exact) mass is 414 g/mol. The van der Waals surface area contributed by atoms with Gasteiger partial charge >= 0.3 is 6.03 Å². The number of rotatable bonds is 6. The van der Waals surface area contributed by atoms with Gasteiger partial charge in [0.15, 0.2) is 0 Å². The molecule has 1 atom stereocenters. The van der Waals surface area contributed by atoms with Crippen LogP contribution in [0.5, 0.6) is 0 Å². The maximum atomic E-state index is 12.5. The number of hydrogen-bond acceptors (Lipinski definition) is 3. The van der Waals surface area contributed by atoms with E-state index in [2.05, 4.69) is 20.7 Å². The summed E-state index contributed by atoms with van der Waals surface area (Å²) < 4.78 is 3.85. The van der Waals surface area contributed by atoms with Gasteiger partial charge in [0.2, 0.25) is 0 Å². The van der Waals surface area contributed by atoms with Gasteiger partial charge in [0.1, 0.15) is 0 Å². The maximum absolute atomic E-state index is 12.5. The Balaban J connectivity index is 1.37. The van der Waals surface area contributed by atoms with Crippen LogP contribution in [0.4, 0.5) is 4.79 Å². The van der Waals surface area contributed by atoms with Crippen molar-refractivity contribution in [2.75, 3.05) is 0 Å². The molecule has 0 saturated heterocycles. The van der Waals surface area contributed by atoms with Crippen LogP contribution in [0.25, 0.3) is 11.4 Å². The summed E-state index contributed by atoms with van der Waals surface area (Å²) in [6.45, 7) is 6.37. The van der Waals surface area contributed by atoms with Gasteiger partial charge in [-0.1, -0.05) is 30.3 Å². The molecule has 0 radical (unpaired) electrons. The molecular weight excluding hydrogens is 388 g/mol. The SMILES string of the molecule is Cc1nn(-c2ccccc2)c(C)c1CNC(=O)N[C@@H](C)c1ccc(-n2ccnc2)cc1. The number of nitrogens with one attached hydrogen (secondary N) is 2. The summed E-state index contributed by atoms with van der Waals surface area (Å²) in [7, 11) is 0. The molecule has 0 unspecified atom stereocenters. The van der Waals surface area contributed by atoms with E-state index in [-0.39, 0.29) is 12.1 Å². The molecule has 2 heterocycles. The number of carbonyl (C=O) groups excluding carboxylic acids is 1. The smallest absolute Gasteiger partial charge is 0.315 e. The molecule has 0 spiro atoms. The molecule has 2 aromatic heterocycles. The third kappa shape index (κ3) is 4.50. The molecule has 2 aromatic carbocycles. The second kappa shape index (κ2) is 8.87. The molecule has 2 N–H and O–H groups in total. The fourth-order valence-corrected chi connectivity index (χ4v) is 3.60. The molecule has 7 nitrogen and oxygen atoms in total. The first-order valence-corrected chi connectivity index (χ1v) is 10.3. The number of hydrogen-bond donors (Lipinski definition) is 2. The standard InChI is InChI=1S/C24H26N6O/c1-17(20-9-11-21(12-10-20)29-14-13-25-16-29)27-24(31)26-15-23-18(2)28-30(19(23)3)22-7-5-4-6-8-22/h4-14,16-17H,15H2,1-3H3,(H2,26,27,31)/t17-/m0/s1. The summed E-state index contributed by atoms with van der Waals surface area (Å²) in [4.78, 5) is 16.6. The van der Waals surface area contributed by atoms with E-state index >= 15 is 0 Å². The second-order valence-electron chi connectivity index (χ2n) is 7.51. The predicted octanol–water partition coefficient (Wildman–Crippen LogP) is 4.24. The molecule has 0 fully saturated rings. The first-order valence-electron chi connectivity index (χ1n) is 10.3. The van der Waals surface area contributed by atoms with E-state index in [1.807, 2.05) is 90.8 Å². The highest BCUT2D eigenvalue weighted by atomic mass is 16.2. The molecule has 0 bridgehead atoms. The van der Waals surface area contributed by atoms with Crippen LogP contribution in [0.2, 0.25) is 0 Å². The summed E-state index contributed by atoms with van der Waals surface area (Å²) in [6.07, 6.45) is 5.40. The van der Waals surface area contributed by atoms with Gasteiger partial charge in [0, 0.05) is 35.9 Å². The first-order chi connectivity index (χ1) is 15.0. The Morgan fingerprint density at radius 2 is 1.77 bits per heavy atom. The van der Waals surface area contributed by atoms with E-state index in [9.17, 15) is 4.79 Å². The van der Waals surface area contributed by atoms with Gasteiger partial charge in [-0.15, -0.1) is 0 Å². The highest BCUT2D eigenvalue weighted by Crippen LogP contribution is 2.18. The zero-order valence-corrected chi connectivity index (χ0v) is 17.9. The summed E-state index contributed by atoms with van der Waals surface area (Å²) in [5, 5.41) is 10.6. The minimum Gasteiger partial charge on any atom is -0.334 e. The molecule has 0 aliphatic carbocycles.